The van der Waals surface area contributed by atoms with Crippen LogP contribution in [0.2, 0.25) is 0 Å². The van der Waals surface area contributed by atoms with Crippen LogP contribution in [0, 0.1) is 0 Å². The van der Waals surface area contributed by atoms with Gasteiger partial charge < -0.3 is 27.3 Å². The summed E-state index contributed by atoms with van der Waals surface area (Å²) in [4.78, 5) is 0. The fraction of sp³-hybridized carbons (Fsp3) is 0. The predicted molar refractivity (Wildman–Crippen MR) is 45.6 cm³/mol. The number of rotatable bonds is 0. The largest absolute Gasteiger partial charge is 3.00 e. The van der Waals surface area contributed by atoms with Crippen molar-refractivity contribution < 1.29 is 121 Å². The van der Waals surface area contributed by atoms with Crippen LogP contribution in [0.3, 0.4) is 0 Å². The third-order valence-electron chi connectivity index (χ3n) is 0. The molecule has 2 N–H and O–H groups in total. The zero-order chi connectivity index (χ0) is 18.0. The summed E-state index contributed by atoms with van der Waals surface area (Å²) in [6, 6.07) is 0. The molecular weight excluding hydrogens is 552 g/mol. The Kier molecular flexibility index (Phi) is 34.1. The molecule has 2 radical (unpaired) electrons. The number of hydrogen-bond acceptors (Lipinski definition) is 14. The minimum Gasteiger partial charge on any atom is -0.759 e. The average molecular weight is 554 g/mol. The van der Waals surface area contributed by atoms with Crippen molar-refractivity contribution in [3.63, 3.8) is 0 Å². The first-order valence-corrected chi connectivity index (χ1v) is 8.10. The van der Waals surface area contributed by atoms with Crippen molar-refractivity contribution in [2.45, 2.75) is 0 Å². The zero-order valence-corrected chi connectivity index (χ0v) is 15.9. The monoisotopic (exact) mass is 554 g/mol. The van der Waals surface area contributed by atoms with E-state index in [4.69, 9.17) is 70.1 Å². The molecule has 0 saturated carbocycles. The fourth-order valence-corrected chi connectivity index (χ4v) is 0. The Hall–Kier alpha value is 1.04. The normalized spacial score (nSPS) is 10.1. The molecule has 0 unspecified atom stereocenters. The van der Waals surface area contributed by atoms with Gasteiger partial charge in [0.15, 0.2) is 0 Å². The standard InChI is InChI=1S/3Fe.4H2O4S/c;;;4*1-5(2,3)4/h;;;4*(H2,1,2,3,4)/q;2*+3;;;;/p-6. The van der Waals surface area contributed by atoms with E-state index in [1.807, 2.05) is 0 Å². The average Bonchev–Trinajstić information content (AvgIpc) is 1.62. The first-order chi connectivity index (χ1) is 8.00. The van der Waals surface area contributed by atoms with Crippen molar-refractivity contribution in [3.05, 3.63) is 0 Å². The molecule has 0 heterocycles. The van der Waals surface area contributed by atoms with Gasteiger partial charge >= 0.3 is 44.5 Å². The minimum atomic E-state index is -5.17. The van der Waals surface area contributed by atoms with Gasteiger partial charge in [-0.2, -0.15) is 8.42 Å². The van der Waals surface area contributed by atoms with E-state index >= 15 is 0 Å². The fourth-order valence-electron chi connectivity index (χ4n) is 0. The van der Waals surface area contributed by atoms with Crippen molar-refractivity contribution >= 4 is 41.6 Å². The van der Waals surface area contributed by atoms with E-state index in [0.29, 0.717) is 0 Å². The Bertz CT molecular complexity index is 480. The summed E-state index contributed by atoms with van der Waals surface area (Å²) in [6.07, 6.45) is 0. The topological polar surface area (TPSA) is 315 Å². The Morgan fingerprint density at radius 3 is 0.478 bits per heavy atom. The molecule has 0 aliphatic rings. The molecule has 23 heteroatoms. The van der Waals surface area contributed by atoms with E-state index in [9.17, 15) is 0 Å². The maximum Gasteiger partial charge on any atom is 3.00 e. The minimum absolute atomic E-state index is 0. The first kappa shape index (κ1) is 43.9. The molecule has 0 rings (SSSR count). The van der Waals surface area contributed by atoms with E-state index in [1.54, 1.807) is 0 Å². The van der Waals surface area contributed by atoms with Gasteiger partial charge in [0.1, 0.15) is 0 Å². The van der Waals surface area contributed by atoms with E-state index in [1.165, 1.54) is 0 Å². The van der Waals surface area contributed by atoms with Crippen LogP contribution in [-0.4, -0.2) is 70.1 Å². The second kappa shape index (κ2) is 17.8. The van der Waals surface area contributed by atoms with Crippen LogP contribution in [0.15, 0.2) is 0 Å². The molecular formula is H2Fe3O16S4. The molecule has 0 saturated heterocycles. The van der Waals surface area contributed by atoms with Crippen molar-refractivity contribution in [1.29, 1.82) is 0 Å². The Labute approximate surface area is 162 Å². The van der Waals surface area contributed by atoms with Crippen molar-refractivity contribution in [2.75, 3.05) is 0 Å². The van der Waals surface area contributed by atoms with Crippen LogP contribution in [0.4, 0.5) is 0 Å². The summed E-state index contributed by atoms with van der Waals surface area (Å²) in [6.45, 7) is 0. The third-order valence-corrected chi connectivity index (χ3v) is 0. The van der Waals surface area contributed by atoms with E-state index in [2.05, 4.69) is 0 Å². The smallest absolute Gasteiger partial charge is 0.759 e. The van der Waals surface area contributed by atoms with Gasteiger partial charge in [-0.15, -0.1) is 0 Å². The SMILES string of the molecule is O=S(=O)(O)O.O=S(=O)([O-])[O-].O=S(=O)([O-])[O-].O=S(=O)([O-])[O-].[Fe+3].[Fe+3].[Fe]. The Morgan fingerprint density at radius 2 is 0.478 bits per heavy atom. The molecule has 0 aliphatic carbocycles. The first-order valence-electron chi connectivity index (χ1n) is 2.70. The molecule has 0 fully saturated rings. The second-order valence-electron chi connectivity index (χ2n) is 1.67. The molecule has 0 aromatic rings. The summed E-state index contributed by atoms with van der Waals surface area (Å²) in [5.74, 6) is 0. The Balaban J connectivity index is -0.0000000284. The predicted octanol–water partition coefficient (Wildman–Crippen LogP) is -4.67. The van der Waals surface area contributed by atoms with Gasteiger partial charge in [-0.1, -0.05) is 0 Å². The van der Waals surface area contributed by atoms with Gasteiger partial charge in [-0.25, -0.2) is 0 Å². The van der Waals surface area contributed by atoms with Crippen LogP contribution in [0.5, 0.6) is 0 Å². The van der Waals surface area contributed by atoms with Crippen molar-refractivity contribution in [2.24, 2.45) is 0 Å². The van der Waals surface area contributed by atoms with Crippen LogP contribution in [0.1, 0.15) is 0 Å². The summed E-state index contributed by atoms with van der Waals surface area (Å²) in [5.41, 5.74) is 0. The third kappa shape index (κ3) is 9460. The maximum atomic E-state index is 8.74. The summed E-state index contributed by atoms with van der Waals surface area (Å²) in [5, 5.41) is 0. The van der Waals surface area contributed by atoms with E-state index < -0.39 is 41.6 Å². The van der Waals surface area contributed by atoms with Crippen LogP contribution in [-0.2, 0) is 92.8 Å². The van der Waals surface area contributed by atoms with Gasteiger partial charge in [0.25, 0.3) is 0 Å². The van der Waals surface area contributed by atoms with Gasteiger partial charge in [-0.05, 0) is 0 Å². The molecule has 0 spiro atoms. The Morgan fingerprint density at radius 1 is 0.478 bits per heavy atom. The molecule has 0 aliphatic heterocycles. The molecule has 0 atom stereocenters. The second-order valence-corrected chi connectivity index (χ2v) is 5.02. The summed E-state index contributed by atoms with van der Waals surface area (Å²) >= 11 is 0. The molecule has 0 aromatic carbocycles. The number of hydrogen-bond donors (Lipinski definition) is 2. The summed E-state index contributed by atoms with van der Waals surface area (Å²) in [7, 11) is -20.2. The molecule has 0 amide bonds. The molecule has 23 heavy (non-hydrogen) atoms. The maximum absolute atomic E-state index is 8.74. The van der Waals surface area contributed by atoms with Gasteiger partial charge in [0, 0.05) is 48.3 Å². The zero-order valence-electron chi connectivity index (χ0n) is 9.30. The molecule has 16 nitrogen and oxygen atoms in total. The van der Waals surface area contributed by atoms with Crippen LogP contribution in [0.25, 0.3) is 0 Å². The molecule has 0 aromatic heterocycles. The van der Waals surface area contributed by atoms with Crippen molar-refractivity contribution in [1.82, 2.24) is 0 Å². The van der Waals surface area contributed by atoms with Gasteiger partial charge in [0.2, 0.25) is 0 Å². The summed E-state index contributed by atoms with van der Waals surface area (Å²) < 4.78 is 134. The quantitative estimate of drug-likeness (QED) is 0.161. The molecule has 0 bridgehead atoms. The molecule has 146 valence electrons. The van der Waals surface area contributed by atoms with Gasteiger partial charge in [0.05, 0.1) is 0 Å². The van der Waals surface area contributed by atoms with Gasteiger partial charge in [-0.3, -0.25) is 34.4 Å². The van der Waals surface area contributed by atoms with Crippen LogP contribution < -0.4 is 0 Å². The van der Waals surface area contributed by atoms with Crippen LogP contribution >= 0.6 is 0 Å². The van der Waals surface area contributed by atoms with Crippen molar-refractivity contribution in [3.8, 4) is 0 Å². The van der Waals surface area contributed by atoms with E-state index in [-0.39, 0.29) is 51.2 Å². The van der Waals surface area contributed by atoms with E-state index in [0.717, 1.165) is 0 Å².